The Morgan fingerprint density at radius 1 is 1.21 bits per heavy atom. The summed E-state index contributed by atoms with van der Waals surface area (Å²) in [7, 11) is 0. The van der Waals surface area contributed by atoms with E-state index in [2.05, 4.69) is 0 Å². The van der Waals surface area contributed by atoms with Crippen molar-refractivity contribution in [3.05, 3.63) is 29.3 Å². The zero-order valence-corrected chi connectivity index (χ0v) is 10.6. The van der Waals surface area contributed by atoms with E-state index >= 15 is 0 Å². The molecular weight excluding hydrogens is 252 g/mol. The number of ether oxygens (including phenoxy) is 1. The van der Waals surface area contributed by atoms with Crippen LogP contribution in [0.25, 0.3) is 0 Å². The number of esters is 1. The van der Waals surface area contributed by atoms with Crippen molar-refractivity contribution in [1.29, 1.82) is 0 Å². The van der Waals surface area contributed by atoms with E-state index in [0.717, 1.165) is 37.8 Å². The van der Waals surface area contributed by atoms with Crippen molar-refractivity contribution in [2.45, 2.75) is 32.1 Å². The minimum absolute atomic E-state index is 0.268. The molecule has 0 aromatic heterocycles. The van der Waals surface area contributed by atoms with Gasteiger partial charge >= 0.3 is 5.97 Å². The fraction of sp³-hybridized carbons (Fsp3) is 0.500. The van der Waals surface area contributed by atoms with Crippen molar-refractivity contribution >= 4 is 11.7 Å². The molecule has 0 bridgehead atoms. The first-order valence-corrected chi connectivity index (χ1v) is 6.49. The Balaban J connectivity index is 1.97. The summed E-state index contributed by atoms with van der Waals surface area (Å²) < 4.78 is 31.8. The van der Waals surface area contributed by atoms with Gasteiger partial charge in [-0.15, -0.1) is 0 Å². The van der Waals surface area contributed by atoms with Crippen LogP contribution >= 0.6 is 0 Å². The van der Waals surface area contributed by atoms with Crippen molar-refractivity contribution in [3.8, 4) is 0 Å². The van der Waals surface area contributed by atoms with Crippen molar-refractivity contribution in [1.82, 2.24) is 0 Å². The predicted molar refractivity (Wildman–Crippen MR) is 67.6 cm³/mol. The Bertz CT molecular complexity index is 471. The Morgan fingerprint density at radius 3 is 2.58 bits per heavy atom. The van der Waals surface area contributed by atoms with E-state index in [0.29, 0.717) is 5.92 Å². The molecule has 2 N–H and O–H groups in total. The fourth-order valence-corrected chi connectivity index (χ4v) is 2.34. The number of hydrogen-bond acceptors (Lipinski definition) is 3. The number of rotatable bonds is 3. The molecule has 1 aliphatic rings. The molecule has 5 heteroatoms. The van der Waals surface area contributed by atoms with Gasteiger partial charge in [0.15, 0.2) is 0 Å². The molecule has 0 unspecified atom stereocenters. The summed E-state index contributed by atoms with van der Waals surface area (Å²) in [6, 6.07) is 1.58. The number of benzene rings is 1. The van der Waals surface area contributed by atoms with Gasteiger partial charge in [-0.2, -0.15) is 0 Å². The van der Waals surface area contributed by atoms with Crippen molar-refractivity contribution < 1.29 is 18.3 Å². The number of nitrogens with two attached hydrogens (primary N) is 1. The van der Waals surface area contributed by atoms with Crippen LogP contribution in [0.4, 0.5) is 14.5 Å². The lowest BCUT2D eigenvalue weighted by Crippen LogP contribution is -2.17. The first-order valence-electron chi connectivity index (χ1n) is 6.49. The lowest BCUT2D eigenvalue weighted by atomic mass is 9.90. The van der Waals surface area contributed by atoms with Crippen LogP contribution < -0.4 is 5.73 Å². The van der Waals surface area contributed by atoms with E-state index in [-0.39, 0.29) is 12.3 Å². The van der Waals surface area contributed by atoms with Gasteiger partial charge in [-0.1, -0.05) is 19.3 Å². The highest BCUT2D eigenvalue weighted by molar-refractivity contribution is 5.90. The van der Waals surface area contributed by atoms with Crippen LogP contribution in [0.2, 0.25) is 0 Å². The molecule has 0 atom stereocenters. The third-order valence-electron chi connectivity index (χ3n) is 3.48. The highest BCUT2D eigenvalue weighted by Gasteiger charge is 2.19. The van der Waals surface area contributed by atoms with Crippen LogP contribution in [0.5, 0.6) is 0 Å². The first kappa shape index (κ1) is 13.8. The second kappa shape index (κ2) is 5.99. The standard InChI is InChI=1S/C14H17F2NO2/c15-11-7-13(17)12(16)6-10(11)14(18)19-8-9-4-2-1-3-5-9/h6-7,9H,1-5,8,17H2. The topological polar surface area (TPSA) is 52.3 Å². The number of halogens is 2. The minimum atomic E-state index is -0.854. The van der Waals surface area contributed by atoms with Crippen LogP contribution in [0.15, 0.2) is 12.1 Å². The van der Waals surface area contributed by atoms with Crippen LogP contribution in [0, 0.1) is 17.6 Å². The molecule has 2 rings (SSSR count). The van der Waals surface area contributed by atoms with E-state index in [9.17, 15) is 13.6 Å². The van der Waals surface area contributed by atoms with E-state index in [1.165, 1.54) is 6.42 Å². The molecule has 1 aromatic rings. The summed E-state index contributed by atoms with van der Waals surface area (Å²) in [6.07, 6.45) is 5.51. The summed E-state index contributed by atoms with van der Waals surface area (Å²) in [6.45, 7) is 0.268. The van der Waals surface area contributed by atoms with Gasteiger partial charge in [0.1, 0.15) is 11.6 Å². The van der Waals surface area contributed by atoms with Gasteiger partial charge in [-0.3, -0.25) is 0 Å². The molecule has 1 aliphatic carbocycles. The van der Waals surface area contributed by atoms with Crippen LogP contribution in [-0.4, -0.2) is 12.6 Å². The number of carbonyl (C=O) groups is 1. The third-order valence-corrected chi connectivity index (χ3v) is 3.48. The Morgan fingerprint density at radius 2 is 1.89 bits per heavy atom. The minimum Gasteiger partial charge on any atom is -0.462 e. The molecule has 1 saturated carbocycles. The van der Waals surface area contributed by atoms with Gasteiger partial charge in [-0.25, -0.2) is 13.6 Å². The molecular formula is C14H17F2NO2. The maximum atomic E-state index is 13.5. The predicted octanol–water partition coefficient (Wildman–Crippen LogP) is 3.28. The Labute approximate surface area is 110 Å². The molecule has 0 spiro atoms. The third kappa shape index (κ3) is 3.43. The van der Waals surface area contributed by atoms with E-state index in [4.69, 9.17) is 10.5 Å². The van der Waals surface area contributed by atoms with E-state index < -0.39 is 23.2 Å². The largest absolute Gasteiger partial charge is 0.462 e. The Kier molecular flexibility index (Phi) is 4.35. The van der Waals surface area contributed by atoms with Crippen molar-refractivity contribution in [2.24, 2.45) is 5.92 Å². The van der Waals surface area contributed by atoms with Crippen LogP contribution in [0.1, 0.15) is 42.5 Å². The van der Waals surface area contributed by atoms with Crippen LogP contribution in [-0.2, 0) is 4.74 Å². The number of nitrogen functional groups attached to an aromatic ring is 1. The normalized spacial score (nSPS) is 16.3. The molecule has 0 amide bonds. The summed E-state index contributed by atoms with van der Waals surface area (Å²) in [4.78, 5) is 11.7. The summed E-state index contributed by atoms with van der Waals surface area (Å²) in [5.41, 5.74) is 4.49. The lowest BCUT2D eigenvalue weighted by molar-refractivity contribution is 0.0404. The zero-order chi connectivity index (χ0) is 13.8. The molecule has 19 heavy (non-hydrogen) atoms. The van der Waals surface area contributed by atoms with Gasteiger partial charge in [0, 0.05) is 6.07 Å². The zero-order valence-electron chi connectivity index (χ0n) is 10.6. The van der Waals surface area contributed by atoms with Gasteiger partial charge < -0.3 is 10.5 Å². The number of carbonyl (C=O) groups excluding carboxylic acids is 1. The molecule has 0 saturated heterocycles. The lowest BCUT2D eigenvalue weighted by Gasteiger charge is -2.21. The van der Waals surface area contributed by atoms with E-state index in [1.807, 2.05) is 0 Å². The van der Waals surface area contributed by atoms with E-state index in [1.54, 1.807) is 0 Å². The average molecular weight is 269 g/mol. The smallest absolute Gasteiger partial charge is 0.341 e. The Hall–Kier alpha value is -1.65. The molecule has 1 fully saturated rings. The van der Waals surface area contributed by atoms with Gasteiger partial charge in [0.05, 0.1) is 17.9 Å². The van der Waals surface area contributed by atoms with Crippen LogP contribution in [0.3, 0.4) is 0 Å². The highest BCUT2D eigenvalue weighted by Crippen LogP contribution is 2.24. The second-order valence-electron chi connectivity index (χ2n) is 4.96. The monoisotopic (exact) mass is 269 g/mol. The fourth-order valence-electron chi connectivity index (χ4n) is 2.34. The van der Waals surface area contributed by atoms with Crippen molar-refractivity contribution in [2.75, 3.05) is 12.3 Å². The quantitative estimate of drug-likeness (QED) is 0.676. The van der Waals surface area contributed by atoms with Crippen molar-refractivity contribution in [3.63, 3.8) is 0 Å². The maximum Gasteiger partial charge on any atom is 0.341 e. The summed E-state index contributed by atoms with van der Waals surface area (Å²) in [5, 5.41) is 0. The average Bonchev–Trinajstić information content (AvgIpc) is 2.41. The number of anilines is 1. The SMILES string of the molecule is Nc1cc(F)c(C(=O)OCC2CCCCC2)cc1F. The second-order valence-corrected chi connectivity index (χ2v) is 4.96. The van der Waals surface area contributed by atoms with Gasteiger partial charge in [-0.05, 0) is 24.8 Å². The summed E-state index contributed by atoms with van der Waals surface area (Å²) in [5.74, 6) is -2.17. The van der Waals surface area contributed by atoms with Gasteiger partial charge in [0.25, 0.3) is 0 Å². The molecule has 0 radical (unpaired) electrons. The van der Waals surface area contributed by atoms with Gasteiger partial charge in [0.2, 0.25) is 0 Å². The molecule has 104 valence electrons. The first-order chi connectivity index (χ1) is 9.08. The number of hydrogen-bond donors (Lipinski definition) is 1. The molecule has 3 nitrogen and oxygen atoms in total. The maximum absolute atomic E-state index is 13.5. The highest BCUT2D eigenvalue weighted by atomic mass is 19.1. The summed E-state index contributed by atoms with van der Waals surface area (Å²) >= 11 is 0. The molecule has 0 heterocycles. The molecule has 1 aromatic carbocycles. The molecule has 0 aliphatic heterocycles.